The van der Waals surface area contributed by atoms with Gasteiger partial charge in [0.15, 0.2) is 0 Å². The molecule has 2 amide bonds. The summed E-state index contributed by atoms with van der Waals surface area (Å²) in [6.45, 7) is 1.12. The Hall–Kier alpha value is -2.11. The molecule has 2 rings (SSSR count). The van der Waals surface area contributed by atoms with E-state index in [1.165, 1.54) is 17.0 Å². The molecule has 0 bridgehead atoms. The van der Waals surface area contributed by atoms with Gasteiger partial charge in [-0.25, -0.2) is 9.18 Å². The minimum absolute atomic E-state index is 0.141. The van der Waals surface area contributed by atoms with Crippen LogP contribution in [0.4, 0.5) is 14.9 Å². The second-order valence-electron chi connectivity index (χ2n) is 5.35. The van der Waals surface area contributed by atoms with Gasteiger partial charge >= 0.3 is 12.0 Å². The molecule has 0 atom stereocenters. The molecule has 0 unspecified atom stereocenters. The number of anilines is 1. The molecule has 1 aliphatic heterocycles. The van der Waals surface area contributed by atoms with E-state index in [0.717, 1.165) is 0 Å². The van der Waals surface area contributed by atoms with Crippen molar-refractivity contribution in [3.63, 3.8) is 0 Å². The van der Waals surface area contributed by atoms with Gasteiger partial charge in [0, 0.05) is 32.2 Å². The molecule has 21 heavy (non-hydrogen) atoms. The summed E-state index contributed by atoms with van der Waals surface area (Å²) >= 11 is 0. The van der Waals surface area contributed by atoms with Crippen LogP contribution in [0.2, 0.25) is 0 Å². The molecule has 0 spiro atoms. The van der Waals surface area contributed by atoms with E-state index in [9.17, 15) is 14.0 Å². The van der Waals surface area contributed by atoms with Crippen LogP contribution in [-0.2, 0) is 4.79 Å². The monoisotopic (exact) mass is 294 g/mol. The second-order valence-corrected chi connectivity index (χ2v) is 5.35. The highest BCUT2D eigenvalue weighted by Gasteiger charge is 2.26. The van der Waals surface area contributed by atoms with E-state index in [0.29, 0.717) is 31.6 Å². The van der Waals surface area contributed by atoms with E-state index in [-0.39, 0.29) is 24.2 Å². The summed E-state index contributed by atoms with van der Waals surface area (Å²) in [4.78, 5) is 26.2. The van der Waals surface area contributed by atoms with Crippen molar-refractivity contribution in [1.29, 1.82) is 0 Å². The van der Waals surface area contributed by atoms with Gasteiger partial charge in [-0.05, 0) is 43.0 Å². The lowest BCUT2D eigenvalue weighted by Gasteiger charge is -2.34. The Bertz CT molecular complexity index is 510. The van der Waals surface area contributed by atoms with Crippen molar-refractivity contribution in [2.24, 2.45) is 5.92 Å². The number of benzene rings is 1. The molecule has 1 saturated heterocycles. The highest BCUT2D eigenvalue weighted by molar-refractivity contribution is 5.91. The Morgan fingerprint density at radius 1 is 1.29 bits per heavy atom. The summed E-state index contributed by atoms with van der Waals surface area (Å²) in [5.41, 5.74) is 0.633. The first kappa shape index (κ1) is 15.3. The van der Waals surface area contributed by atoms with Crippen LogP contribution in [0.1, 0.15) is 19.3 Å². The number of hydrogen-bond donors (Lipinski definition) is 1. The molecule has 0 saturated carbocycles. The summed E-state index contributed by atoms with van der Waals surface area (Å²) in [6, 6.07) is 5.61. The van der Waals surface area contributed by atoms with Crippen LogP contribution in [0.3, 0.4) is 0 Å². The van der Waals surface area contributed by atoms with Crippen LogP contribution in [-0.4, -0.2) is 42.1 Å². The third kappa shape index (κ3) is 3.93. The second kappa shape index (κ2) is 6.56. The molecule has 1 aromatic carbocycles. The first-order valence-corrected chi connectivity index (χ1v) is 6.97. The molecule has 114 valence electrons. The molecule has 1 heterocycles. The largest absolute Gasteiger partial charge is 0.481 e. The Balaban J connectivity index is 1.92. The fourth-order valence-corrected chi connectivity index (χ4v) is 2.56. The van der Waals surface area contributed by atoms with Gasteiger partial charge in [0.05, 0.1) is 0 Å². The van der Waals surface area contributed by atoms with Crippen molar-refractivity contribution < 1.29 is 19.1 Å². The Labute approximate surface area is 123 Å². The van der Waals surface area contributed by atoms with E-state index in [1.54, 1.807) is 24.1 Å². The Morgan fingerprint density at radius 2 is 1.86 bits per heavy atom. The number of carboxylic acids is 1. The highest BCUT2D eigenvalue weighted by Crippen LogP contribution is 2.22. The van der Waals surface area contributed by atoms with Crippen molar-refractivity contribution in [2.45, 2.75) is 19.3 Å². The number of aliphatic carboxylic acids is 1. The van der Waals surface area contributed by atoms with Crippen LogP contribution < -0.4 is 4.90 Å². The molecule has 1 fully saturated rings. The molecule has 0 radical (unpaired) electrons. The maximum absolute atomic E-state index is 12.9. The zero-order valence-corrected chi connectivity index (χ0v) is 12.0. The predicted octanol–water partition coefficient (Wildman–Crippen LogP) is 2.57. The number of rotatable bonds is 3. The number of nitrogens with zero attached hydrogens (tertiary/aromatic N) is 2. The first-order chi connectivity index (χ1) is 9.97. The summed E-state index contributed by atoms with van der Waals surface area (Å²) in [5, 5.41) is 8.78. The number of amides is 2. The number of hydrogen-bond acceptors (Lipinski definition) is 2. The zero-order valence-electron chi connectivity index (χ0n) is 12.0. The van der Waals surface area contributed by atoms with E-state index in [4.69, 9.17) is 5.11 Å². The lowest BCUT2D eigenvalue weighted by atomic mass is 9.94. The van der Waals surface area contributed by atoms with Gasteiger partial charge in [0.1, 0.15) is 5.82 Å². The quantitative estimate of drug-likeness (QED) is 0.932. The maximum atomic E-state index is 12.9. The van der Waals surface area contributed by atoms with E-state index in [2.05, 4.69) is 0 Å². The van der Waals surface area contributed by atoms with Crippen LogP contribution >= 0.6 is 0 Å². The van der Waals surface area contributed by atoms with Crippen molar-refractivity contribution in [3.05, 3.63) is 30.1 Å². The topological polar surface area (TPSA) is 60.9 Å². The van der Waals surface area contributed by atoms with Crippen molar-refractivity contribution in [3.8, 4) is 0 Å². The van der Waals surface area contributed by atoms with Crippen LogP contribution in [0.5, 0.6) is 0 Å². The lowest BCUT2D eigenvalue weighted by Crippen LogP contribution is -2.45. The van der Waals surface area contributed by atoms with E-state index < -0.39 is 5.97 Å². The van der Waals surface area contributed by atoms with Gasteiger partial charge in [-0.1, -0.05) is 0 Å². The molecule has 0 aromatic heterocycles. The lowest BCUT2D eigenvalue weighted by molar-refractivity contribution is -0.138. The van der Waals surface area contributed by atoms with Crippen LogP contribution in [0.15, 0.2) is 24.3 Å². The number of halogens is 1. The molecular formula is C15H19FN2O3. The molecule has 6 heteroatoms. The molecule has 0 aliphatic carbocycles. The van der Waals surface area contributed by atoms with E-state index >= 15 is 0 Å². The van der Waals surface area contributed by atoms with Crippen molar-refractivity contribution >= 4 is 17.7 Å². The smallest absolute Gasteiger partial charge is 0.324 e. The van der Waals surface area contributed by atoms with Crippen LogP contribution in [0, 0.1) is 11.7 Å². The SMILES string of the molecule is CN(C(=O)N1CCC(CC(=O)O)CC1)c1ccc(F)cc1. The number of carbonyl (C=O) groups is 2. The number of carboxylic acid groups (broad SMARTS) is 1. The normalized spacial score (nSPS) is 15.8. The number of likely N-dealkylation sites (tertiary alicyclic amines) is 1. The van der Waals surface area contributed by atoms with Gasteiger partial charge < -0.3 is 10.0 Å². The van der Waals surface area contributed by atoms with Gasteiger partial charge in [-0.3, -0.25) is 9.69 Å². The number of carbonyl (C=O) groups excluding carboxylic acids is 1. The summed E-state index contributed by atoms with van der Waals surface area (Å²) < 4.78 is 12.9. The first-order valence-electron chi connectivity index (χ1n) is 6.97. The summed E-state index contributed by atoms with van der Waals surface area (Å²) in [6.07, 6.45) is 1.57. The average Bonchev–Trinajstić information content (AvgIpc) is 2.47. The summed E-state index contributed by atoms with van der Waals surface area (Å²) in [7, 11) is 1.65. The van der Waals surface area contributed by atoms with Gasteiger partial charge in [-0.15, -0.1) is 0 Å². The number of piperidine rings is 1. The predicted molar refractivity (Wildman–Crippen MR) is 76.7 cm³/mol. The minimum atomic E-state index is -0.789. The third-order valence-electron chi connectivity index (χ3n) is 3.85. The third-order valence-corrected chi connectivity index (χ3v) is 3.85. The molecule has 1 N–H and O–H groups in total. The van der Waals surface area contributed by atoms with Crippen molar-refractivity contribution in [1.82, 2.24) is 4.90 Å². The Kier molecular flexibility index (Phi) is 4.77. The molecule has 5 nitrogen and oxygen atoms in total. The molecular weight excluding hydrogens is 275 g/mol. The van der Waals surface area contributed by atoms with Gasteiger partial charge in [-0.2, -0.15) is 0 Å². The highest BCUT2D eigenvalue weighted by atomic mass is 19.1. The number of urea groups is 1. The summed E-state index contributed by atoms with van der Waals surface area (Å²) in [5.74, 6) is -0.986. The maximum Gasteiger partial charge on any atom is 0.324 e. The molecule has 1 aromatic rings. The van der Waals surface area contributed by atoms with Crippen molar-refractivity contribution in [2.75, 3.05) is 25.0 Å². The minimum Gasteiger partial charge on any atom is -0.481 e. The van der Waals surface area contributed by atoms with Crippen LogP contribution in [0.25, 0.3) is 0 Å². The average molecular weight is 294 g/mol. The zero-order chi connectivity index (χ0) is 15.4. The van der Waals surface area contributed by atoms with Gasteiger partial charge in [0.25, 0.3) is 0 Å². The van der Waals surface area contributed by atoms with Gasteiger partial charge in [0.2, 0.25) is 0 Å². The fourth-order valence-electron chi connectivity index (χ4n) is 2.56. The Morgan fingerprint density at radius 3 is 2.38 bits per heavy atom. The molecule has 1 aliphatic rings. The van der Waals surface area contributed by atoms with E-state index in [1.807, 2.05) is 0 Å². The standard InChI is InChI=1S/C15H19FN2O3/c1-17(13-4-2-12(16)3-5-13)15(21)18-8-6-11(7-9-18)10-14(19)20/h2-5,11H,6-10H2,1H3,(H,19,20). The fraction of sp³-hybridized carbons (Fsp3) is 0.467.